The molecule has 4 aromatic heterocycles. The average Bonchev–Trinajstić information content (AvgIpc) is 4.07. The molecule has 2 aliphatic heterocycles. The second kappa shape index (κ2) is 17.7. The third kappa shape index (κ3) is 8.34. The maximum Gasteiger partial charge on any atom is 0.331 e. The number of carbonyl (C=O) groups excluding carboxylic acids is 4. The molecule has 0 unspecified atom stereocenters. The fraction of sp³-hybridized carbons (Fsp3) is 0.354. The highest BCUT2D eigenvalue weighted by Gasteiger charge is 2.34. The lowest BCUT2D eigenvalue weighted by Crippen LogP contribution is -2.52. The van der Waals surface area contributed by atoms with Crippen molar-refractivity contribution in [3.63, 3.8) is 0 Å². The normalized spacial score (nSPS) is 18.5. The first-order chi connectivity index (χ1) is 31.7. The number of ether oxygens (including phenoxy) is 2. The Morgan fingerprint density at radius 2 is 1.69 bits per heavy atom. The Bertz CT molecular complexity index is 2910. The van der Waals surface area contributed by atoms with E-state index in [1.165, 1.54) is 4.90 Å². The standard InChI is InChI=1S/C48H51N11O6/c1-64-36-14-10-33(11-15-36)29-57-45(60)17-20-56(48(57)63)41-6-3-5-40-37(41)16-19-55(40)31-46(61)54-23-21-53(22-24-54)28-32-8-12-35(13-9-32)58-30-34-25-38(42(65-2)26-39(34)52-58)47(62)51-44-27-49-43-7-4-18-50-59(43)44/h3-7,10-11,14-16,18-19,25-27,30,32,35H,8-9,12-13,17,20-24,28-29,31H2,1-2H3,(H,51,62). The van der Waals surface area contributed by atoms with Gasteiger partial charge in [-0.05, 0) is 85.7 Å². The van der Waals surface area contributed by atoms with Crippen molar-refractivity contribution in [1.29, 1.82) is 0 Å². The highest BCUT2D eigenvalue weighted by Crippen LogP contribution is 2.35. The van der Waals surface area contributed by atoms with Gasteiger partial charge in [0.05, 0.1) is 55.3 Å². The fourth-order valence-electron chi connectivity index (χ4n) is 9.65. The summed E-state index contributed by atoms with van der Waals surface area (Å²) in [7, 11) is 3.15. The summed E-state index contributed by atoms with van der Waals surface area (Å²) in [5, 5.41) is 13.9. The number of piperazine rings is 1. The molecule has 2 saturated heterocycles. The Morgan fingerprint density at radius 1 is 0.877 bits per heavy atom. The Balaban J connectivity index is 0.712. The molecule has 10 rings (SSSR count). The number of methoxy groups -OCH3 is 2. The maximum atomic E-state index is 13.8. The summed E-state index contributed by atoms with van der Waals surface area (Å²) >= 11 is 0. The Morgan fingerprint density at radius 3 is 2.48 bits per heavy atom. The van der Waals surface area contributed by atoms with Crippen molar-refractivity contribution in [1.82, 2.24) is 43.6 Å². The summed E-state index contributed by atoms with van der Waals surface area (Å²) in [6.45, 7) is 4.71. The van der Waals surface area contributed by atoms with E-state index < -0.39 is 0 Å². The Labute approximate surface area is 375 Å². The molecule has 3 aliphatic rings. The Kier molecular flexibility index (Phi) is 11.4. The molecule has 0 spiro atoms. The molecule has 1 aliphatic carbocycles. The summed E-state index contributed by atoms with van der Waals surface area (Å²) in [5.41, 5.74) is 4.25. The van der Waals surface area contributed by atoms with Gasteiger partial charge in [-0.25, -0.2) is 9.78 Å². The summed E-state index contributed by atoms with van der Waals surface area (Å²) in [6, 6.07) is 22.3. The smallest absolute Gasteiger partial charge is 0.331 e. The third-order valence-electron chi connectivity index (χ3n) is 13.2. The molecule has 0 atom stereocenters. The van der Waals surface area contributed by atoms with Gasteiger partial charge >= 0.3 is 6.03 Å². The molecule has 334 valence electrons. The number of urea groups is 1. The van der Waals surface area contributed by atoms with E-state index in [0.717, 1.165) is 78.4 Å². The van der Waals surface area contributed by atoms with Crippen LogP contribution in [0.3, 0.4) is 0 Å². The minimum Gasteiger partial charge on any atom is -0.497 e. The zero-order valence-electron chi connectivity index (χ0n) is 36.5. The van der Waals surface area contributed by atoms with Crippen molar-refractivity contribution >= 4 is 62.7 Å². The van der Waals surface area contributed by atoms with Crippen molar-refractivity contribution in [3.05, 3.63) is 109 Å². The number of rotatable bonds is 12. The first-order valence-electron chi connectivity index (χ1n) is 22.2. The molecular weight excluding hydrogens is 827 g/mol. The van der Waals surface area contributed by atoms with Gasteiger partial charge in [-0.2, -0.15) is 14.7 Å². The summed E-state index contributed by atoms with van der Waals surface area (Å²) in [6.07, 6.45) is 11.6. The molecule has 0 bridgehead atoms. The number of carbonyl (C=O) groups is 4. The molecule has 7 aromatic rings. The summed E-state index contributed by atoms with van der Waals surface area (Å²) in [4.78, 5) is 65.6. The van der Waals surface area contributed by atoms with E-state index in [2.05, 4.69) is 25.0 Å². The number of hydrogen-bond donors (Lipinski definition) is 1. The highest BCUT2D eigenvalue weighted by molar-refractivity contribution is 6.10. The van der Waals surface area contributed by atoms with Gasteiger partial charge in [0.2, 0.25) is 11.8 Å². The molecular formula is C48H51N11O6. The maximum absolute atomic E-state index is 13.8. The van der Waals surface area contributed by atoms with Gasteiger partial charge in [-0.3, -0.25) is 33.8 Å². The van der Waals surface area contributed by atoms with Gasteiger partial charge in [0, 0.05) is 81.1 Å². The van der Waals surface area contributed by atoms with Crippen molar-refractivity contribution in [2.24, 2.45) is 5.92 Å². The second-order valence-corrected chi connectivity index (χ2v) is 17.1. The van der Waals surface area contributed by atoms with Crippen LogP contribution in [0.4, 0.5) is 16.3 Å². The molecule has 3 aromatic carbocycles. The SMILES string of the molecule is COc1ccc(CN2C(=O)CCN(c3cccc4c3ccn4CC(=O)N3CCN(CC4CCC(n5cc6cc(C(=O)Nc7cnc8cccnn78)c(OC)cc6n5)CC4)CC3)C2=O)cc1. The first-order valence-corrected chi connectivity index (χ1v) is 22.2. The van der Waals surface area contributed by atoms with Crippen LogP contribution < -0.4 is 19.7 Å². The number of imidazole rings is 1. The van der Waals surface area contributed by atoms with Crippen LogP contribution in [0.15, 0.2) is 97.6 Å². The van der Waals surface area contributed by atoms with E-state index in [1.807, 2.05) is 88.6 Å². The summed E-state index contributed by atoms with van der Waals surface area (Å²) < 4.78 is 16.5. The van der Waals surface area contributed by atoms with E-state index in [4.69, 9.17) is 14.6 Å². The number of amides is 5. The van der Waals surface area contributed by atoms with Gasteiger partial charge in [0.25, 0.3) is 5.91 Å². The first kappa shape index (κ1) is 41.7. The Hall–Kier alpha value is -7.27. The lowest BCUT2D eigenvalue weighted by Gasteiger charge is -2.38. The topological polar surface area (TPSA) is 165 Å². The molecule has 65 heavy (non-hydrogen) atoms. The van der Waals surface area contributed by atoms with E-state index in [1.54, 1.807) is 42.1 Å². The molecule has 6 heterocycles. The molecule has 1 N–H and O–H groups in total. The van der Waals surface area contributed by atoms with E-state index >= 15 is 0 Å². The molecule has 17 heteroatoms. The van der Waals surface area contributed by atoms with Crippen LogP contribution in [0.5, 0.6) is 11.5 Å². The number of imide groups is 1. The van der Waals surface area contributed by atoms with Gasteiger partial charge < -0.3 is 24.3 Å². The van der Waals surface area contributed by atoms with Crippen molar-refractivity contribution in [2.45, 2.75) is 51.2 Å². The van der Waals surface area contributed by atoms with Crippen LogP contribution in [0.2, 0.25) is 0 Å². The fourth-order valence-corrected chi connectivity index (χ4v) is 9.65. The van der Waals surface area contributed by atoms with Crippen LogP contribution in [0.1, 0.15) is 54.1 Å². The largest absolute Gasteiger partial charge is 0.497 e. The lowest BCUT2D eigenvalue weighted by molar-refractivity contribution is -0.133. The van der Waals surface area contributed by atoms with Gasteiger partial charge in [0.1, 0.15) is 18.0 Å². The minimum atomic E-state index is -0.356. The van der Waals surface area contributed by atoms with Gasteiger partial charge in [-0.1, -0.05) is 18.2 Å². The van der Waals surface area contributed by atoms with E-state index in [-0.39, 0.29) is 49.3 Å². The summed E-state index contributed by atoms with van der Waals surface area (Å²) in [5.74, 6) is 1.74. The van der Waals surface area contributed by atoms with Crippen molar-refractivity contribution < 1.29 is 28.7 Å². The second-order valence-electron chi connectivity index (χ2n) is 17.1. The predicted octanol–water partition coefficient (Wildman–Crippen LogP) is 6.24. The molecule has 1 saturated carbocycles. The lowest BCUT2D eigenvalue weighted by atomic mass is 9.85. The minimum absolute atomic E-state index is 0.0691. The monoisotopic (exact) mass is 877 g/mol. The van der Waals surface area contributed by atoms with Crippen LogP contribution in [0.25, 0.3) is 27.5 Å². The zero-order chi connectivity index (χ0) is 44.6. The van der Waals surface area contributed by atoms with Crippen molar-refractivity contribution in [3.8, 4) is 11.5 Å². The highest BCUT2D eigenvalue weighted by atomic mass is 16.5. The number of nitrogens with zero attached hydrogens (tertiary/aromatic N) is 10. The van der Waals surface area contributed by atoms with Crippen LogP contribution >= 0.6 is 0 Å². The number of hydrogen-bond acceptors (Lipinski definition) is 10. The number of anilines is 2. The molecule has 0 radical (unpaired) electrons. The van der Waals surface area contributed by atoms with E-state index in [9.17, 15) is 19.2 Å². The number of nitrogens with one attached hydrogen (secondary N) is 1. The quantitative estimate of drug-likeness (QED) is 0.149. The average molecular weight is 878 g/mol. The van der Waals surface area contributed by atoms with Gasteiger partial charge in [-0.15, -0.1) is 0 Å². The molecule has 3 fully saturated rings. The number of aromatic nitrogens is 6. The number of benzene rings is 3. The van der Waals surface area contributed by atoms with Crippen LogP contribution in [-0.2, 0) is 22.7 Å². The molecule has 5 amide bonds. The van der Waals surface area contributed by atoms with Crippen molar-refractivity contribution in [2.75, 3.05) is 63.7 Å². The van der Waals surface area contributed by atoms with Gasteiger partial charge in [0.15, 0.2) is 11.5 Å². The molecule has 17 nitrogen and oxygen atoms in total. The zero-order valence-corrected chi connectivity index (χ0v) is 36.5. The third-order valence-corrected chi connectivity index (χ3v) is 13.2. The van der Waals surface area contributed by atoms with Crippen LogP contribution in [-0.4, -0.2) is 121 Å². The number of fused-ring (bicyclic) bond motifs is 3. The van der Waals surface area contributed by atoms with E-state index in [0.29, 0.717) is 54.1 Å². The predicted molar refractivity (Wildman–Crippen MR) is 244 cm³/mol. The van der Waals surface area contributed by atoms with Crippen LogP contribution in [0, 0.1) is 5.92 Å².